The summed E-state index contributed by atoms with van der Waals surface area (Å²) in [7, 11) is 1.73. The Morgan fingerprint density at radius 3 is 2.83 bits per heavy atom. The first kappa shape index (κ1) is 20.9. The highest BCUT2D eigenvalue weighted by Crippen LogP contribution is 2.36. The predicted molar refractivity (Wildman–Crippen MR) is 119 cm³/mol. The van der Waals surface area contributed by atoms with Gasteiger partial charge in [-0.15, -0.1) is 0 Å². The summed E-state index contributed by atoms with van der Waals surface area (Å²) in [6.45, 7) is 11.1. The van der Waals surface area contributed by atoms with Crippen LogP contribution in [-0.2, 0) is 24.2 Å². The minimum absolute atomic E-state index is 0.0973. The second-order valence-corrected chi connectivity index (χ2v) is 9.16. The molecule has 1 amide bonds. The molecule has 3 heterocycles. The molecule has 0 radical (unpaired) electrons. The number of aromatic nitrogens is 1. The van der Waals surface area contributed by atoms with E-state index in [0.717, 1.165) is 57.0 Å². The number of anilines is 1. The number of carbonyl (C=O) groups excluding carboxylic acids is 1. The van der Waals surface area contributed by atoms with E-state index in [2.05, 4.69) is 59.2 Å². The standard InChI is InChI=1S/C24H34N4O2/c1-5-28-10-8-19-12-18(6-7-22(19)28)15-27-11-9-24(16-27,23(29)25-4)14-20-13-21(17(2)3)26-30-20/h6-7,12-13,17H,5,8-11,14-16H2,1-4H3,(H,25,29)/t24-/m0/s1. The highest BCUT2D eigenvalue weighted by atomic mass is 16.5. The SMILES string of the molecule is CCN1CCc2cc(CN3CC[C@@](Cc4cc(C(C)C)no4)(C(=O)NC)C3)ccc21. The number of likely N-dealkylation sites (N-methyl/N-ethyl adjacent to an activating group) is 1. The predicted octanol–water partition coefficient (Wildman–Crippen LogP) is 3.36. The summed E-state index contributed by atoms with van der Waals surface area (Å²) >= 11 is 0. The van der Waals surface area contributed by atoms with Crippen molar-refractivity contribution in [3.8, 4) is 0 Å². The maximum absolute atomic E-state index is 12.9. The Balaban J connectivity index is 1.47. The van der Waals surface area contributed by atoms with E-state index in [0.29, 0.717) is 12.3 Å². The molecular weight excluding hydrogens is 376 g/mol. The van der Waals surface area contributed by atoms with Crippen LogP contribution in [0.5, 0.6) is 0 Å². The van der Waals surface area contributed by atoms with E-state index in [9.17, 15) is 4.79 Å². The highest BCUT2D eigenvalue weighted by Gasteiger charge is 2.45. The van der Waals surface area contributed by atoms with Crippen molar-refractivity contribution in [1.82, 2.24) is 15.4 Å². The molecule has 0 bridgehead atoms. The molecule has 1 fully saturated rings. The van der Waals surface area contributed by atoms with Gasteiger partial charge in [0.2, 0.25) is 5.91 Å². The fraction of sp³-hybridized carbons (Fsp3) is 0.583. The number of likely N-dealkylation sites (tertiary alicyclic amines) is 1. The quantitative estimate of drug-likeness (QED) is 0.758. The zero-order valence-corrected chi connectivity index (χ0v) is 18.7. The topological polar surface area (TPSA) is 61.6 Å². The van der Waals surface area contributed by atoms with Crippen molar-refractivity contribution in [3.63, 3.8) is 0 Å². The van der Waals surface area contributed by atoms with Gasteiger partial charge in [0, 0.05) is 51.4 Å². The first-order valence-corrected chi connectivity index (χ1v) is 11.2. The Morgan fingerprint density at radius 2 is 2.13 bits per heavy atom. The van der Waals surface area contributed by atoms with Gasteiger partial charge in [0.25, 0.3) is 0 Å². The Kier molecular flexibility index (Phi) is 5.87. The third-order valence-electron chi connectivity index (χ3n) is 6.75. The largest absolute Gasteiger partial charge is 0.371 e. The molecule has 1 saturated heterocycles. The molecule has 6 nitrogen and oxygen atoms in total. The molecule has 4 rings (SSSR count). The number of amides is 1. The number of nitrogens with zero attached hydrogens (tertiary/aromatic N) is 3. The van der Waals surface area contributed by atoms with Gasteiger partial charge in [0.05, 0.1) is 11.1 Å². The molecular formula is C24H34N4O2. The Labute approximate surface area is 179 Å². The van der Waals surface area contributed by atoms with Gasteiger partial charge < -0.3 is 14.7 Å². The van der Waals surface area contributed by atoms with E-state index >= 15 is 0 Å². The van der Waals surface area contributed by atoms with Gasteiger partial charge >= 0.3 is 0 Å². The third-order valence-corrected chi connectivity index (χ3v) is 6.75. The molecule has 1 N–H and O–H groups in total. The van der Waals surface area contributed by atoms with E-state index in [1.165, 1.54) is 16.8 Å². The number of benzene rings is 1. The van der Waals surface area contributed by atoms with Gasteiger partial charge in [-0.1, -0.05) is 31.1 Å². The third kappa shape index (κ3) is 3.97. The molecule has 0 spiro atoms. The first-order valence-electron chi connectivity index (χ1n) is 11.2. The molecule has 1 aromatic carbocycles. The van der Waals surface area contributed by atoms with Crippen LogP contribution in [0.2, 0.25) is 0 Å². The van der Waals surface area contributed by atoms with Gasteiger partial charge in [-0.25, -0.2) is 0 Å². The molecule has 6 heteroatoms. The molecule has 0 unspecified atom stereocenters. The van der Waals surface area contributed by atoms with Gasteiger partial charge in [0.15, 0.2) is 0 Å². The molecule has 2 aliphatic heterocycles. The number of hydrogen-bond acceptors (Lipinski definition) is 5. The van der Waals surface area contributed by atoms with E-state index in [1.807, 2.05) is 6.07 Å². The van der Waals surface area contributed by atoms with Crippen LogP contribution in [0, 0.1) is 5.41 Å². The average Bonchev–Trinajstić information content (AvgIpc) is 3.46. The fourth-order valence-electron chi connectivity index (χ4n) is 4.99. The summed E-state index contributed by atoms with van der Waals surface area (Å²) in [5.74, 6) is 1.23. The molecule has 2 aromatic rings. The summed E-state index contributed by atoms with van der Waals surface area (Å²) < 4.78 is 5.58. The van der Waals surface area contributed by atoms with Crippen molar-refractivity contribution in [2.24, 2.45) is 5.41 Å². The van der Waals surface area contributed by atoms with Gasteiger partial charge in [-0.2, -0.15) is 0 Å². The van der Waals surface area contributed by atoms with Crippen LogP contribution in [0.4, 0.5) is 5.69 Å². The number of fused-ring (bicyclic) bond motifs is 1. The Morgan fingerprint density at radius 1 is 1.30 bits per heavy atom. The van der Waals surface area contributed by atoms with Crippen molar-refractivity contribution in [3.05, 3.63) is 46.8 Å². The lowest BCUT2D eigenvalue weighted by Crippen LogP contribution is -2.43. The normalized spacial score (nSPS) is 21.4. The second kappa shape index (κ2) is 8.42. The van der Waals surface area contributed by atoms with Crippen LogP contribution in [0.15, 0.2) is 28.8 Å². The average molecular weight is 411 g/mol. The van der Waals surface area contributed by atoms with Crippen molar-refractivity contribution in [2.75, 3.05) is 38.1 Å². The van der Waals surface area contributed by atoms with Gasteiger partial charge in [-0.05, 0) is 49.4 Å². The molecule has 162 valence electrons. The van der Waals surface area contributed by atoms with E-state index in [-0.39, 0.29) is 5.91 Å². The summed E-state index contributed by atoms with van der Waals surface area (Å²) in [6, 6.07) is 8.89. The number of nitrogens with one attached hydrogen (secondary N) is 1. The number of rotatable bonds is 7. The van der Waals surface area contributed by atoms with Gasteiger partial charge in [-0.3, -0.25) is 9.69 Å². The van der Waals surface area contributed by atoms with E-state index in [1.54, 1.807) is 7.05 Å². The maximum atomic E-state index is 12.9. The smallest absolute Gasteiger partial charge is 0.227 e. The molecule has 2 aliphatic rings. The van der Waals surface area contributed by atoms with Crippen molar-refractivity contribution < 1.29 is 9.32 Å². The summed E-state index contributed by atoms with van der Waals surface area (Å²) in [6.07, 6.45) is 2.56. The highest BCUT2D eigenvalue weighted by molar-refractivity contribution is 5.83. The van der Waals surface area contributed by atoms with Gasteiger partial charge in [0.1, 0.15) is 5.76 Å². The summed E-state index contributed by atoms with van der Waals surface area (Å²) in [5, 5.41) is 7.08. The minimum atomic E-state index is -0.460. The number of carbonyl (C=O) groups is 1. The lowest BCUT2D eigenvalue weighted by Gasteiger charge is -2.26. The molecule has 30 heavy (non-hydrogen) atoms. The van der Waals surface area contributed by atoms with Crippen LogP contribution >= 0.6 is 0 Å². The van der Waals surface area contributed by atoms with E-state index in [4.69, 9.17) is 4.52 Å². The second-order valence-electron chi connectivity index (χ2n) is 9.16. The monoisotopic (exact) mass is 410 g/mol. The van der Waals surface area contributed by atoms with Crippen molar-refractivity contribution in [2.45, 2.75) is 52.5 Å². The summed E-state index contributed by atoms with van der Waals surface area (Å²) in [5.41, 5.74) is 4.66. The van der Waals surface area contributed by atoms with E-state index < -0.39 is 5.41 Å². The van der Waals surface area contributed by atoms with Crippen LogP contribution < -0.4 is 10.2 Å². The van der Waals surface area contributed by atoms with Crippen LogP contribution in [0.1, 0.15) is 55.7 Å². The summed E-state index contributed by atoms with van der Waals surface area (Å²) in [4.78, 5) is 17.7. The maximum Gasteiger partial charge on any atom is 0.227 e. The molecule has 1 atom stereocenters. The molecule has 1 aromatic heterocycles. The number of hydrogen-bond donors (Lipinski definition) is 1. The Hall–Kier alpha value is -2.34. The van der Waals surface area contributed by atoms with Crippen LogP contribution in [0.25, 0.3) is 0 Å². The Bertz CT molecular complexity index is 906. The lowest BCUT2D eigenvalue weighted by molar-refractivity contribution is -0.130. The zero-order chi connectivity index (χ0) is 21.3. The van der Waals surface area contributed by atoms with Crippen LogP contribution in [-0.4, -0.2) is 49.2 Å². The van der Waals surface area contributed by atoms with Crippen molar-refractivity contribution in [1.29, 1.82) is 0 Å². The molecule has 0 saturated carbocycles. The molecule has 0 aliphatic carbocycles. The minimum Gasteiger partial charge on any atom is -0.371 e. The van der Waals surface area contributed by atoms with Crippen LogP contribution in [0.3, 0.4) is 0 Å². The first-order chi connectivity index (χ1) is 14.4. The zero-order valence-electron chi connectivity index (χ0n) is 18.7. The lowest BCUT2D eigenvalue weighted by atomic mass is 9.81. The fourth-order valence-corrected chi connectivity index (χ4v) is 4.99. The van der Waals surface area contributed by atoms with Crippen molar-refractivity contribution >= 4 is 11.6 Å².